The molecule has 76 valence electrons. The smallest absolute Gasteiger partial charge is 0.145 e. The van der Waals surface area contributed by atoms with Gasteiger partial charge in [-0.3, -0.25) is 4.40 Å². The lowest BCUT2D eigenvalue weighted by Crippen LogP contribution is -1.87. The summed E-state index contributed by atoms with van der Waals surface area (Å²) in [6.45, 7) is 0. The number of para-hydroxylation sites is 1. The van der Waals surface area contributed by atoms with Crippen LogP contribution in [0, 0.1) is 0 Å². The first kappa shape index (κ1) is 8.30. The molecule has 0 saturated heterocycles. The van der Waals surface area contributed by atoms with Crippen LogP contribution in [0.4, 0.5) is 0 Å². The van der Waals surface area contributed by atoms with Crippen LogP contribution in [-0.4, -0.2) is 9.38 Å². The highest BCUT2D eigenvalue weighted by Crippen LogP contribution is 2.30. The third-order valence-electron chi connectivity index (χ3n) is 3.00. The molecule has 0 aliphatic rings. The van der Waals surface area contributed by atoms with E-state index in [2.05, 4.69) is 44.4 Å². The van der Waals surface area contributed by atoms with E-state index in [9.17, 15) is 0 Å². The van der Waals surface area contributed by atoms with Gasteiger partial charge in [0.15, 0.2) is 0 Å². The summed E-state index contributed by atoms with van der Waals surface area (Å²) in [5, 5.41) is 8.22. The maximum atomic E-state index is 4.44. The Balaban J connectivity index is 2.51. The fourth-order valence-corrected chi connectivity index (χ4v) is 3.11. The van der Waals surface area contributed by atoms with Crippen LogP contribution in [0.15, 0.2) is 47.4 Å². The van der Waals surface area contributed by atoms with Crippen molar-refractivity contribution in [3.63, 3.8) is 0 Å². The molecule has 4 rings (SSSR count). The van der Waals surface area contributed by atoms with E-state index < -0.39 is 0 Å². The van der Waals surface area contributed by atoms with Crippen molar-refractivity contribution in [3.05, 3.63) is 47.4 Å². The summed E-state index contributed by atoms with van der Waals surface area (Å²) in [6, 6.07) is 8.47. The summed E-state index contributed by atoms with van der Waals surface area (Å²) in [4.78, 5) is 4.44. The van der Waals surface area contributed by atoms with Crippen molar-refractivity contribution in [1.82, 2.24) is 9.38 Å². The zero-order valence-electron chi connectivity index (χ0n) is 8.42. The Bertz CT molecular complexity index is 741. The zero-order chi connectivity index (χ0) is 10.5. The largest absolute Gasteiger partial charge is 0.299 e. The van der Waals surface area contributed by atoms with Crippen molar-refractivity contribution in [2.24, 2.45) is 0 Å². The predicted octanol–water partition coefficient (Wildman–Crippen LogP) is 3.70. The number of aromatic nitrogens is 2. The summed E-state index contributed by atoms with van der Waals surface area (Å²) in [5.74, 6) is 0. The fourth-order valence-electron chi connectivity index (χ4n) is 2.29. The minimum Gasteiger partial charge on any atom is -0.299 e. The van der Waals surface area contributed by atoms with Gasteiger partial charge in [0.2, 0.25) is 0 Å². The number of hydrogen-bond donors (Lipinski definition) is 0. The summed E-state index contributed by atoms with van der Waals surface area (Å²) < 4.78 is 2.16. The average Bonchev–Trinajstić information content (AvgIpc) is 2.98. The standard InChI is InChI=1S/C13H8N2S/c1-2-4-12-9(3-1)10-7-16-8-11(10)13-14-5-6-15(12)13/h1-8H. The second-order valence-electron chi connectivity index (χ2n) is 3.84. The van der Waals surface area contributed by atoms with Crippen LogP contribution in [0.2, 0.25) is 0 Å². The van der Waals surface area contributed by atoms with E-state index in [1.54, 1.807) is 11.3 Å². The van der Waals surface area contributed by atoms with Gasteiger partial charge in [0, 0.05) is 33.9 Å². The second-order valence-corrected chi connectivity index (χ2v) is 4.58. The number of benzene rings is 1. The van der Waals surface area contributed by atoms with Crippen molar-refractivity contribution >= 4 is 38.7 Å². The van der Waals surface area contributed by atoms with Crippen LogP contribution in [0.3, 0.4) is 0 Å². The Morgan fingerprint density at radius 3 is 2.88 bits per heavy atom. The van der Waals surface area contributed by atoms with E-state index >= 15 is 0 Å². The lowest BCUT2D eigenvalue weighted by Gasteiger charge is -2.04. The van der Waals surface area contributed by atoms with Gasteiger partial charge in [-0.1, -0.05) is 18.2 Å². The molecular formula is C13H8N2S. The molecule has 0 aliphatic heterocycles. The van der Waals surface area contributed by atoms with Gasteiger partial charge < -0.3 is 0 Å². The molecule has 0 N–H and O–H groups in total. The van der Waals surface area contributed by atoms with Gasteiger partial charge in [-0.25, -0.2) is 4.98 Å². The maximum Gasteiger partial charge on any atom is 0.145 e. The molecule has 1 aromatic carbocycles. The summed E-state index contributed by atoms with van der Waals surface area (Å²) >= 11 is 1.73. The molecule has 16 heavy (non-hydrogen) atoms. The maximum absolute atomic E-state index is 4.44. The van der Waals surface area contributed by atoms with Crippen molar-refractivity contribution < 1.29 is 0 Å². The van der Waals surface area contributed by atoms with Crippen LogP contribution in [0.25, 0.3) is 27.3 Å². The normalized spacial score (nSPS) is 11.8. The molecule has 3 heteroatoms. The molecule has 0 spiro atoms. The van der Waals surface area contributed by atoms with E-state index in [4.69, 9.17) is 0 Å². The Morgan fingerprint density at radius 2 is 1.88 bits per heavy atom. The highest BCUT2D eigenvalue weighted by atomic mass is 32.1. The molecule has 4 aromatic rings. The molecule has 2 nitrogen and oxygen atoms in total. The molecule has 0 fully saturated rings. The number of rotatable bonds is 0. The van der Waals surface area contributed by atoms with Gasteiger partial charge >= 0.3 is 0 Å². The lowest BCUT2D eigenvalue weighted by molar-refractivity contribution is 1.27. The minimum absolute atomic E-state index is 1.05. The van der Waals surface area contributed by atoms with Crippen LogP contribution in [-0.2, 0) is 0 Å². The van der Waals surface area contributed by atoms with E-state index in [1.165, 1.54) is 21.7 Å². The van der Waals surface area contributed by atoms with Crippen LogP contribution in [0.1, 0.15) is 0 Å². The van der Waals surface area contributed by atoms with E-state index in [0.717, 1.165) is 5.65 Å². The quantitative estimate of drug-likeness (QED) is 0.445. The van der Waals surface area contributed by atoms with Gasteiger partial charge in [0.1, 0.15) is 5.65 Å². The van der Waals surface area contributed by atoms with Gasteiger partial charge in [-0.15, -0.1) is 0 Å². The fraction of sp³-hybridized carbons (Fsp3) is 0. The third kappa shape index (κ3) is 0.888. The Labute approximate surface area is 95.8 Å². The number of pyridine rings is 1. The number of fused-ring (bicyclic) bond motifs is 6. The average molecular weight is 224 g/mol. The Kier molecular flexibility index (Phi) is 1.47. The van der Waals surface area contributed by atoms with Crippen molar-refractivity contribution in [1.29, 1.82) is 0 Å². The summed E-state index contributed by atoms with van der Waals surface area (Å²) in [6.07, 6.45) is 3.88. The molecule has 0 radical (unpaired) electrons. The molecule has 3 aromatic heterocycles. The first-order valence-electron chi connectivity index (χ1n) is 5.15. The Morgan fingerprint density at radius 1 is 1.00 bits per heavy atom. The SMILES string of the molecule is c1ccc2c(c1)c1cscc1c1nccn21. The van der Waals surface area contributed by atoms with Gasteiger partial charge in [0.25, 0.3) is 0 Å². The molecule has 0 unspecified atom stereocenters. The van der Waals surface area contributed by atoms with Gasteiger partial charge in [0.05, 0.1) is 5.52 Å². The Hall–Kier alpha value is -1.87. The molecule has 0 atom stereocenters. The second kappa shape index (κ2) is 2.83. The van der Waals surface area contributed by atoms with Crippen LogP contribution in [0.5, 0.6) is 0 Å². The van der Waals surface area contributed by atoms with E-state index in [-0.39, 0.29) is 0 Å². The molecule has 0 amide bonds. The monoisotopic (exact) mass is 224 g/mol. The third-order valence-corrected chi connectivity index (χ3v) is 3.74. The lowest BCUT2D eigenvalue weighted by atomic mass is 10.1. The minimum atomic E-state index is 1.05. The molecule has 0 aliphatic carbocycles. The number of imidazole rings is 1. The first-order chi connectivity index (χ1) is 7.95. The number of thiophene rings is 1. The van der Waals surface area contributed by atoms with Crippen LogP contribution < -0.4 is 0 Å². The van der Waals surface area contributed by atoms with Gasteiger partial charge in [-0.05, 0) is 11.4 Å². The molecular weight excluding hydrogens is 216 g/mol. The van der Waals surface area contributed by atoms with Crippen LogP contribution >= 0.6 is 11.3 Å². The molecule has 0 saturated carbocycles. The van der Waals surface area contributed by atoms with E-state index in [0.29, 0.717) is 0 Å². The molecule has 3 heterocycles. The van der Waals surface area contributed by atoms with Crippen molar-refractivity contribution in [3.8, 4) is 0 Å². The van der Waals surface area contributed by atoms with E-state index in [1.807, 2.05) is 12.4 Å². The summed E-state index contributed by atoms with van der Waals surface area (Å²) in [5.41, 5.74) is 2.27. The van der Waals surface area contributed by atoms with Crippen molar-refractivity contribution in [2.75, 3.05) is 0 Å². The first-order valence-corrected chi connectivity index (χ1v) is 6.09. The molecule has 0 bridgehead atoms. The highest BCUT2D eigenvalue weighted by Gasteiger charge is 2.08. The number of nitrogens with zero attached hydrogens (tertiary/aromatic N) is 2. The zero-order valence-corrected chi connectivity index (χ0v) is 9.24. The summed E-state index contributed by atoms with van der Waals surface area (Å²) in [7, 11) is 0. The number of hydrogen-bond acceptors (Lipinski definition) is 2. The highest BCUT2D eigenvalue weighted by molar-refractivity contribution is 7.09. The van der Waals surface area contributed by atoms with Crippen molar-refractivity contribution in [2.45, 2.75) is 0 Å². The predicted molar refractivity (Wildman–Crippen MR) is 68.1 cm³/mol. The van der Waals surface area contributed by atoms with Gasteiger partial charge in [-0.2, -0.15) is 11.3 Å². The topological polar surface area (TPSA) is 17.3 Å².